The van der Waals surface area contributed by atoms with E-state index in [9.17, 15) is 9.90 Å². The van der Waals surface area contributed by atoms with Crippen molar-refractivity contribution in [1.29, 1.82) is 0 Å². The van der Waals surface area contributed by atoms with Crippen molar-refractivity contribution in [2.75, 3.05) is 0 Å². The number of halogens is 1. The summed E-state index contributed by atoms with van der Waals surface area (Å²) < 4.78 is 1.90. The van der Waals surface area contributed by atoms with Gasteiger partial charge in [-0.1, -0.05) is 29.8 Å². The molecule has 0 aliphatic heterocycles. The van der Waals surface area contributed by atoms with Gasteiger partial charge in [0.25, 0.3) is 0 Å². The van der Waals surface area contributed by atoms with Gasteiger partial charge in [-0.15, -0.1) is 0 Å². The lowest BCUT2D eigenvalue weighted by molar-refractivity contribution is 0.0699. The lowest BCUT2D eigenvalue weighted by Gasteiger charge is -2.12. The average molecular weight is 301 g/mol. The Balaban J connectivity index is 2.42. The molecule has 0 unspecified atom stereocenters. The van der Waals surface area contributed by atoms with Crippen molar-refractivity contribution < 1.29 is 9.90 Å². The first-order valence-electron chi connectivity index (χ1n) is 6.47. The predicted molar refractivity (Wildman–Crippen MR) is 82.5 cm³/mol. The standard InChI is InChI=1S/C16H13ClN2O2/c1-9-5-3-7-12(17)15(9)19-10(2)18-14-11(16(20)21)6-4-8-13(14)19/h3-8H,1-2H3,(H,20,21). The number of carboxylic acids is 1. The van der Waals surface area contributed by atoms with Crippen LogP contribution in [0.1, 0.15) is 21.7 Å². The molecule has 3 aromatic rings. The Bertz CT molecular complexity index is 848. The summed E-state index contributed by atoms with van der Waals surface area (Å²) in [7, 11) is 0. The monoisotopic (exact) mass is 300 g/mol. The van der Waals surface area contributed by atoms with Gasteiger partial charge in [0.2, 0.25) is 0 Å². The highest BCUT2D eigenvalue weighted by molar-refractivity contribution is 6.32. The third kappa shape index (κ3) is 2.08. The van der Waals surface area contributed by atoms with Crippen LogP contribution in [0.5, 0.6) is 0 Å². The molecule has 0 radical (unpaired) electrons. The number of benzene rings is 2. The van der Waals surface area contributed by atoms with E-state index in [1.807, 2.05) is 42.7 Å². The molecule has 2 aromatic carbocycles. The van der Waals surface area contributed by atoms with Gasteiger partial charge >= 0.3 is 5.97 Å². The van der Waals surface area contributed by atoms with Crippen molar-refractivity contribution in [2.24, 2.45) is 0 Å². The van der Waals surface area contributed by atoms with E-state index in [0.717, 1.165) is 16.8 Å². The fourth-order valence-corrected chi connectivity index (χ4v) is 2.88. The molecule has 1 aromatic heterocycles. The van der Waals surface area contributed by atoms with Gasteiger partial charge in [-0.05, 0) is 37.6 Å². The van der Waals surface area contributed by atoms with E-state index in [2.05, 4.69) is 4.98 Å². The maximum Gasteiger partial charge on any atom is 0.337 e. The summed E-state index contributed by atoms with van der Waals surface area (Å²) in [6.45, 7) is 3.81. The number of aryl methyl sites for hydroxylation is 2. The van der Waals surface area contributed by atoms with Crippen molar-refractivity contribution in [3.63, 3.8) is 0 Å². The van der Waals surface area contributed by atoms with Gasteiger partial charge in [-0.2, -0.15) is 0 Å². The van der Waals surface area contributed by atoms with Crippen molar-refractivity contribution >= 4 is 28.6 Å². The maximum atomic E-state index is 11.3. The van der Waals surface area contributed by atoms with Crippen LogP contribution in [0.4, 0.5) is 0 Å². The Morgan fingerprint density at radius 3 is 2.57 bits per heavy atom. The van der Waals surface area contributed by atoms with Crippen molar-refractivity contribution in [2.45, 2.75) is 13.8 Å². The molecule has 0 saturated carbocycles. The largest absolute Gasteiger partial charge is 0.478 e. The summed E-state index contributed by atoms with van der Waals surface area (Å²) in [5, 5.41) is 9.90. The lowest BCUT2D eigenvalue weighted by Crippen LogP contribution is -2.01. The van der Waals surface area contributed by atoms with Gasteiger partial charge in [-0.3, -0.25) is 4.57 Å². The Morgan fingerprint density at radius 1 is 1.19 bits per heavy atom. The van der Waals surface area contributed by atoms with E-state index in [-0.39, 0.29) is 5.56 Å². The molecule has 0 amide bonds. The fraction of sp³-hybridized carbons (Fsp3) is 0.125. The first-order chi connectivity index (χ1) is 10.0. The van der Waals surface area contributed by atoms with E-state index in [0.29, 0.717) is 16.4 Å². The van der Waals surface area contributed by atoms with E-state index in [1.54, 1.807) is 12.1 Å². The van der Waals surface area contributed by atoms with Gasteiger partial charge < -0.3 is 5.11 Å². The van der Waals surface area contributed by atoms with Crippen LogP contribution in [-0.2, 0) is 0 Å². The molecule has 5 heteroatoms. The molecule has 21 heavy (non-hydrogen) atoms. The summed E-state index contributed by atoms with van der Waals surface area (Å²) in [5.41, 5.74) is 3.25. The molecule has 1 heterocycles. The quantitative estimate of drug-likeness (QED) is 0.778. The normalized spacial score (nSPS) is 11.0. The molecular weight excluding hydrogens is 288 g/mol. The SMILES string of the molecule is Cc1cccc(Cl)c1-n1c(C)nc2c(C(=O)O)cccc21. The first-order valence-corrected chi connectivity index (χ1v) is 6.85. The van der Waals surface area contributed by atoms with Gasteiger partial charge in [0, 0.05) is 0 Å². The van der Waals surface area contributed by atoms with Crippen LogP contribution in [0.3, 0.4) is 0 Å². The molecule has 106 valence electrons. The Hall–Kier alpha value is -2.33. The van der Waals surface area contributed by atoms with Crippen molar-refractivity contribution in [1.82, 2.24) is 9.55 Å². The fourth-order valence-electron chi connectivity index (χ4n) is 2.58. The smallest absolute Gasteiger partial charge is 0.337 e. The molecule has 4 nitrogen and oxygen atoms in total. The number of fused-ring (bicyclic) bond motifs is 1. The number of imidazole rings is 1. The zero-order valence-electron chi connectivity index (χ0n) is 11.6. The topological polar surface area (TPSA) is 55.1 Å². The number of carbonyl (C=O) groups is 1. The molecule has 0 fully saturated rings. The average Bonchev–Trinajstić information content (AvgIpc) is 2.75. The summed E-state index contributed by atoms with van der Waals surface area (Å²) in [4.78, 5) is 15.7. The zero-order chi connectivity index (χ0) is 15.1. The molecule has 0 bridgehead atoms. The number of hydrogen-bond donors (Lipinski definition) is 1. The summed E-state index contributed by atoms with van der Waals surface area (Å²) in [5.74, 6) is -0.281. The van der Waals surface area contributed by atoms with Crippen LogP contribution in [0, 0.1) is 13.8 Å². The number of carboxylic acid groups (broad SMARTS) is 1. The lowest BCUT2D eigenvalue weighted by atomic mass is 10.1. The molecule has 0 aliphatic rings. The van der Waals surface area contributed by atoms with E-state index in [4.69, 9.17) is 11.6 Å². The van der Waals surface area contributed by atoms with E-state index >= 15 is 0 Å². The second-order valence-electron chi connectivity index (χ2n) is 4.88. The second-order valence-corrected chi connectivity index (χ2v) is 5.29. The molecule has 1 N–H and O–H groups in total. The molecule has 0 spiro atoms. The number of nitrogens with zero attached hydrogens (tertiary/aromatic N) is 2. The van der Waals surface area contributed by atoms with Crippen LogP contribution in [0.25, 0.3) is 16.7 Å². The van der Waals surface area contributed by atoms with Crippen LogP contribution < -0.4 is 0 Å². The van der Waals surface area contributed by atoms with Crippen molar-refractivity contribution in [3.05, 3.63) is 58.4 Å². The van der Waals surface area contributed by atoms with Crippen LogP contribution in [-0.4, -0.2) is 20.6 Å². The number of hydrogen-bond acceptors (Lipinski definition) is 2. The van der Waals surface area contributed by atoms with Crippen molar-refractivity contribution in [3.8, 4) is 5.69 Å². The van der Waals surface area contributed by atoms with Crippen LogP contribution in [0.2, 0.25) is 5.02 Å². The minimum atomic E-state index is -0.985. The van der Waals surface area contributed by atoms with Crippen LogP contribution in [0.15, 0.2) is 36.4 Å². The van der Waals surface area contributed by atoms with E-state index < -0.39 is 5.97 Å². The third-order valence-electron chi connectivity index (χ3n) is 3.50. The summed E-state index contributed by atoms with van der Waals surface area (Å²) in [6, 6.07) is 10.8. The van der Waals surface area contributed by atoms with Gasteiger partial charge in [0.05, 0.1) is 21.8 Å². The highest BCUT2D eigenvalue weighted by Gasteiger charge is 2.18. The maximum absolute atomic E-state index is 11.3. The minimum Gasteiger partial charge on any atom is -0.478 e. The van der Waals surface area contributed by atoms with E-state index in [1.165, 1.54) is 0 Å². The number of rotatable bonds is 2. The second kappa shape index (κ2) is 4.90. The predicted octanol–water partition coefficient (Wildman–Crippen LogP) is 3.99. The molecule has 0 saturated heterocycles. The number of para-hydroxylation sites is 2. The highest BCUT2D eigenvalue weighted by Crippen LogP contribution is 2.30. The Morgan fingerprint density at radius 2 is 1.90 bits per heavy atom. The Kier molecular flexibility index (Phi) is 3.18. The molecule has 0 aliphatic carbocycles. The van der Waals surface area contributed by atoms with Gasteiger partial charge in [0.1, 0.15) is 11.3 Å². The summed E-state index contributed by atoms with van der Waals surface area (Å²) in [6.07, 6.45) is 0. The zero-order valence-corrected chi connectivity index (χ0v) is 12.3. The summed E-state index contributed by atoms with van der Waals surface area (Å²) >= 11 is 6.33. The number of aromatic carboxylic acids is 1. The number of aromatic nitrogens is 2. The van der Waals surface area contributed by atoms with Gasteiger partial charge in [0.15, 0.2) is 0 Å². The minimum absolute atomic E-state index is 0.194. The first kappa shape index (κ1) is 13.6. The highest BCUT2D eigenvalue weighted by atomic mass is 35.5. The molecular formula is C16H13ClN2O2. The van der Waals surface area contributed by atoms with Crippen LogP contribution >= 0.6 is 11.6 Å². The molecule has 3 rings (SSSR count). The molecule has 0 atom stereocenters. The van der Waals surface area contributed by atoms with Gasteiger partial charge in [-0.25, -0.2) is 9.78 Å². The Labute approximate surface area is 126 Å². The third-order valence-corrected chi connectivity index (χ3v) is 3.80.